The standard InChI is InChI=1S/C29H37N5O4/c1-5-12-30-29(35)25-10-11-28(32-31-25)34-15-13-33(14-16-34)20-24-26(36-3)18-22(19-27(24)37-4)21-8-7-9-23(17-21)38-6-2/h7-11,17-19H,5-6,12-16,20H2,1-4H3,(H,30,35). The fraction of sp³-hybridized carbons (Fsp3) is 0.414. The highest BCUT2D eigenvalue weighted by atomic mass is 16.5. The Morgan fingerprint density at radius 1 is 0.921 bits per heavy atom. The molecular weight excluding hydrogens is 482 g/mol. The van der Waals surface area contributed by atoms with E-state index in [1.54, 1.807) is 20.3 Å². The van der Waals surface area contributed by atoms with Crippen LogP contribution in [0.1, 0.15) is 36.3 Å². The van der Waals surface area contributed by atoms with E-state index in [0.717, 1.165) is 72.4 Å². The van der Waals surface area contributed by atoms with Gasteiger partial charge in [0, 0.05) is 39.3 Å². The van der Waals surface area contributed by atoms with Gasteiger partial charge in [-0.1, -0.05) is 19.1 Å². The Kier molecular flexibility index (Phi) is 9.37. The monoisotopic (exact) mass is 519 g/mol. The summed E-state index contributed by atoms with van der Waals surface area (Å²) < 4.78 is 17.3. The zero-order valence-corrected chi connectivity index (χ0v) is 22.7. The highest BCUT2D eigenvalue weighted by molar-refractivity contribution is 5.92. The van der Waals surface area contributed by atoms with Crippen LogP contribution in [-0.2, 0) is 6.54 Å². The summed E-state index contributed by atoms with van der Waals surface area (Å²) in [5, 5.41) is 11.3. The fourth-order valence-electron chi connectivity index (χ4n) is 4.54. The molecule has 9 heteroatoms. The summed E-state index contributed by atoms with van der Waals surface area (Å²) in [6, 6.07) is 15.8. The molecule has 0 atom stereocenters. The number of carbonyl (C=O) groups excluding carboxylic acids is 1. The third-order valence-electron chi connectivity index (χ3n) is 6.58. The number of hydrogen-bond donors (Lipinski definition) is 1. The van der Waals surface area contributed by atoms with Gasteiger partial charge in [-0.15, -0.1) is 10.2 Å². The van der Waals surface area contributed by atoms with Crippen LogP contribution in [-0.4, -0.2) is 74.6 Å². The molecular formula is C29H37N5O4. The Morgan fingerprint density at radius 3 is 2.26 bits per heavy atom. The molecule has 4 rings (SSSR count). The summed E-state index contributed by atoms with van der Waals surface area (Å²) in [6.07, 6.45) is 0.881. The topological polar surface area (TPSA) is 89.1 Å². The molecule has 9 nitrogen and oxygen atoms in total. The number of carbonyl (C=O) groups is 1. The number of piperazine rings is 1. The van der Waals surface area contributed by atoms with Crippen LogP contribution in [0.25, 0.3) is 11.1 Å². The van der Waals surface area contributed by atoms with Crippen molar-refractivity contribution in [1.82, 2.24) is 20.4 Å². The van der Waals surface area contributed by atoms with Crippen LogP contribution >= 0.6 is 0 Å². The first-order valence-electron chi connectivity index (χ1n) is 13.1. The smallest absolute Gasteiger partial charge is 0.271 e. The number of ether oxygens (including phenoxy) is 3. The number of amides is 1. The molecule has 2 aromatic carbocycles. The van der Waals surface area contributed by atoms with Crippen LogP contribution in [0.5, 0.6) is 17.2 Å². The van der Waals surface area contributed by atoms with Crippen LogP contribution in [0.4, 0.5) is 5.82 Å². The summed E-state index contributed by atoms with van der Waals surface area (Å²) in [4.78, 5) is 16.7. The highest BCUT2D eigenvalue weighted by Crippen LogP contribution is 2.37. The predicted molar refractivity (Wildman–Crippen MR) is 148 cm³/mol. The molecule has 38 heavy (non-hydrogen) atoms. The first-order valence-corrected chi connectivity index (χ1v) is 13.1. The van der Waals surface area contributed by atoms with Gasteiger partial charge in [0.1, 0.15) is 17.2 Å². The molecule has 0 radical (unpaired) electrons. The molecule has 0 saturated carbocycles. The predicted octanol–water partition coefficient (Wildman–Crippen LogP) is 4.02. The van der Waals surface area contributed by atoms with Crippen LogP contribution in [0.3, 0.4) is 0 Å². The molecule has 1 aliphatic rings. The maximum atomic E-state index is 12.1. The van der Waals surface area contributed by atoms with Gasteiger partial charge in [0.25, 0.3) is 5.91 Å². The van der Waals surface area contributed by atoms with E-state index in [1.807, 2.05) is 38.1 Å². The van der Waals surface area contributed by atoms with Crippen LogP contribution in [0, 0.1) is 0 Å². The minimum absolute atomic E-state index is 0.188. The summed E-state index contributed by atoms with van der Waals surface area (Å²) in [7, 11) is 3.39. The quantitative estimate of drug-likeness (QED) is 0.406. The lowest BCUT2D eigenvalue weighted by Crippen LogP contribution is -2.46. The van der Waals surface area contributed by atoms with Crippen LogP contribution < -0.4 is 24.4 Å². The second-order valence-corrected chi connectivity index (χ2v) is 9.12. The molecule has 2 heterocycles. The number of anilines is 1. The maximum absolute atomic E-state index is 12.1. The van der Waals surface area contributed by atoms with Gasteiger partial charge in [0.2, 0.25) is 0 Å². The lowest BCUT2D eigenvalue weighted by molar-refractivity contribution is 0.0947. The van der Waals surface area contributed by atoms with Gasteiger partial charge in [-0.2, -0.15) is 0 Å². The summed E-state index contributed by atoms with van der Waals surface area (Å²) >= 11 is 0. The zero-order valence-electron chi connectivity index (χ0n) is 22.7. The molecule has 1 aromatic heterocycles. The van der Waals surface area contributed by atoms with Gasteiger partial charge in [0.05, 0.1) is 26.4 Å². The van der Waals surface area contributed by atoms with E-state index < -0.39 is 0 Å². The van der Waals surface area contributed by atoms with Crippen molar-refractivity contribution in [3.05, 3.63) is 59.8 Å². The molecule has 0 bridgehead atoms. The number of nitrogens with one attached hydrogen (secondary N) is 1. The van der Waals surface area contributed by atoms with Gasteiger partial charge in [-0.25, -0.2) is 0 Å². The van der Waals surface area contributed by atoms with E-state index in [1.165, 1.54) is 0 Å². The van der Waals surface area contributed by atoms with Crippen molar-refractivity contribution < 1.29 is 19.0 Å². The Balaban J connectivity index is 1.43. The van der Waals surface area contributed by atoms with E-state index in [0.29, 0.717) is 25.4 Å². The molecule has 202 valence electrons. The van der Waals surface area contributed by atoms with Crippen LogP contribution in [0.2, 0.25) is 0 Å². The Morgan fingerprint density at radius 2 is 1.66 bits per heavy atom. The zero-order chi connectivity index (χ0) is 26.9. The highest BCUT2D eigenvalue weighted by Gasteiger charge is 2.22. The largest absolute Gasteiger partial charge is 0.496 e. The van der Waals surface area contributed by atoms with Gasteiger partial charge in [-0.3, -0.25) is 9.69 Å². The Hall–Kier alpha value is -3.85. The molecule has 1 aliphatic heterocycles. The van der Waals surface area contributed by atoms with Crippen molar-refractivity contribution in [3.8, 4) is 28.4 Å². The first-order chi connectivity index (χ1) is 18.6. The average molecular weight is 520 g/mol. The second kappa shape index (κ2) is 13.1. The van der Waals surface area contributed by atoms with E-state index >= 15 is 0 Å². The van der Waals surface area contributed by atoms with Crippen molar-refractivity contribution in [2.45, 2.75) is 26.8 Å². The molecule has 0 aliphatic carbocycles. The molecule has 1 fully saturated rings. The third-order valence-corrected chi connectivity index (χ3v) is 6.58. The minimum atomic E-state index is -0.188. The van der Waals surface area contributed by atoms with Crippen molar-refractivity contribution in [1.29, 1.82) is 0 Å². The number of rotatable bonds is 11. The molecule has 0 unspecified atom stereocenters. The number of nitrogens with zero attached hydrogens (tertiary/aromatic N) is 4. The summed E-state index contributed by atoms with van der Waals surface area (Å²) in [5.74, 6) is 3.03. The Bertz CT molecular complexity index is 1180. The van der Waals surface area contributed by atoms with Gasteiger partial charge in [-0.05, 0) is 60.9 Å². The minimum Gasteiger partial charge on any atom is -0.496 e. The van der Waals surface area contributed by atoms with E-state index in [-0.39, 0.29) is 5.91 Å². The van der Waals surface area contributed by atoms with E-state index in [4.69, 9.17) is 14.2 Å². The van der Waals surface area contributed by atoms with Gasteiger partial charge >= 0.3 is 0 Å². The molecule has 1 N–H and O–H groups in total. The lowest BCUT2D eigenvalue weighted by atomic mass is 10.0. The average Bonchev–Trinajstić information content (AvgIpc) is 2.96. The van der Waals surface area contributed by atoms with Crippen molar-refractivity contribution >= 4 is 11.7 Å². The van der Waals surface area contributed by atoms with E-state index in [9.17, 15) is 4.79 Å². The fourth-order valence-corrected chi connectivity index (χ4v) is 4.54. The normalized spacial score (nSPS) is 13.7. The SMILES string of the molecule is CCCNC(=O)c1ccc(N2CCN(Cc3c(OC)cc(-c4cccc(OCC)c4)cc3OC)CC2)nn1. The number of methoxy groups -OCH3 is 2. The van der Waals surface area contributed by atoms with Crippen molar-refractivity contribution in [2.75, 3.05) is 58.5 Å². The molecule has 1 amide bonds. The Labute approximate surface area is 224 Å². The van der Waals surface area contributed by atoms with Gasteiger partial charge in [0.15, 0.2) is 11.5 Å². The summed E-state index contributed by atoms with van der Waals surface area (Å²) in [6.45, 7) is 9.27. The summed E-state index contributed by atoms with van der Waals surface area (Å²) in [5.41, 5.74) is 3.42. The number of benzene rings is 2. The second-order valence-electron chi connectivity index (χ2n) is 9.12. The number of aromatic nitrogens is 2. The maximum Gasteiger partial charge on any atom is 0.271 e. The molecule has 1 saturated heterocycles. The van der Waals surface area contributed by atoms with E-state index in [2.05, 4.69) is 43.5 Å². The van der Waals surface area contributed by atoms with Crippen LogP contribution in [0.15, 0.2) is 48.5 Å². The third kappa shape index (κ3) is 6.52. The van der Waals surface area contributed by atoms with Gasteiger partial charge < -0.3 is 24.4 Å². The van der Waals surface area contributed by atoms with Crippen molar-refractivity contribution in [3.63, 3.8) is 0 Å². The van der Waals surface area contributed by atoms with Crippen molar-refractivity contribution in [2.24, 2.45) is 0 Å². The molecule has 0 spiro atoms. The number of hydrogen-bond acceptors (Lipinski definition) is 8. The molecule has 3 aromatic rings. The lowest BCUT2D eigenvalue weighted by Gasteiger charge is -2.35. The first kappa shape index (κ1) is 27.2.